The number of hydrogen-bond donors (Lipinski definition) is 1. The monoisotopic (exact) mass is 218 g/mol. The van der Waals surface area contributed by atoms with E-state index in [9.17, 15) is 9.59 Å². The molecular weight excluding hydrogens is 204 g/mol. The molecule has 0 aliphatic rings. The van der Waals surface area contributed by atoms with Crippen molar-refractivity contribution in [3.63, 3.8) is 0 Å². The van der Waals surface area contributed by atoms with Crippen molar-refractivity contribution in [1.29, 1.82) is 0 Å². The summed E-state index contributed by atoms with van der Waals surface area (Å²) in [7, 11) is 0. The predicted octanol–water partition coefficient (Wildman–Crippen LogP) is 2.39. The zero-order chi connectivity index (χ0) is 12.1. The average Bonchev–Trinajstić information content (AvgIpc) is 2.26. The molecule has 1 N–H and O–H groups in total. The molecule has 3 nitrogen and oxygen atoms in total. The second-order valence-corrected chi connectivity index (χ2v) is 3.79. The van der Waals surface area contributed by atoms with Gasteiger partial charge in [-0.3, -0.25) is 4.79 Å². The first-order chi connectivity index (χ1) is 7.52. The first-order valence-electron chi connectivity index (χ1n) is 4.99. The molecule has 0 spiro atoms. The van der Waals surface area contributed by atoms with Crippen LogP contribution in [0.3, 0.4) is 0 Å². The zero-order valence-corrected chi connectivity index (χ0v) is 9.14. The van der Waals surface area contributed by atoms with Crippen LogP contribution < -0.4 is 0 Å². The number of carboxylic acids is 1. The fourth-order valence-electron chi connectivity index (χ4n) is 1.54. The molecule has 0 amide bonds. The predicted molar refractivity (Wildman–Crippen MR) is 61.3 cm³/mol. The Morgan fingerprint density at radius 3 is 2.31 bits per heavy atom. The maximum Gasteiger partial charge on any atom is 0.372 e. The molecule has 1 atom stereocenters. The van der Waals surface area contributed by atoms with Crippen LogP contribution in [0.1, 0.15) is 24.8 Å². The number of rotatable bonds is 5. The molecule has 1 aromatic carbocycles. The van der Waals surface area contributed by atoms with Crippen LogP contribution in [-0.2, 0) is 9.59 Å². The van der Waals surface area contributed by atoms with E-state index in [-0.39, 0.29) is 0 Å². The van der Waals surface area contributed by atoms with Crippen molar-refractivity contribution in [2.45, 2.75) is 19.3 Å². The summed E-state index contributed by atoms with van der Waals surface area (Å²) in [6, 6.07) is 8.92. The smallest absolute Gasteiger partial charge is 0.372 e. The Balaban J connectivity index is 3.01. The highest BCUT2D eigenvalue weighted by molar-refractivity contribution is 6.35. The molecule has 3 heteroatoms. The third-order valence-corrected chi connectivity index (χ3v) is 2.28. The van der Waals surface area contributed by atoms with Gasteiger partial charge >= 0.3 is 5.97 Å². The molecule has 16 heavy (non-hydrogen) atoms. The van der Waals surface area contributed by atoms with Gasteiger partial charge in [0.15, 0.2) is 0 Å². The highest BCUT2D eigenvalue weighted by atomic mass is 16.4. The quantitative estimate of drug-likeness (QED) is 0.609. The lowest BCUT2D eigenvalue weighted by Gasteiger charge is -2.13. The number of hydrogen-bond acceptors (Lipinski definition) is 2. The van der Waals surface area contributed by atoms with E-state index in [0.717, 1.165) is 11.1 Å². The van der Waals surface area contributed by atoms with E-state index in [0.29, 0.717) is 6.42 Å². The minimum absolute atomic E-state index is 0.370. The van der Waals surface area contributed by atoms with Gasteiger partial charge in [-0.2, -0.15) is 0 Å². The summed E-state index contributed by atoms with van der Waals surface area (Å²) < 4.78 is 0. The van der Waals surface area contributed by atoms with E-state index in [2.05, 4.69) is 6.58 Å². The molecule has 0 fully saturated rings. The largest absolute Gasteiger partial charge is 0.475 e. The van der Waals surface area contributed by atoms with E-state index in [4.69, 9.17) is 5.11 Å². The van der Waals surface area contributed by atoms with Gasteiger partial charge in [-0.25, -0.2) is 4.79 Å². The van der Waals surface area contributed by atoms with Crippen molar-refractivity contribution in [3.05, 3.63) is 48.0 Å². The Kier molecular flexibility index (Phi) is 4.00. The lowest BCUT2D eigenvalue weighted by Crippen LogP contribution is -2.21. The molecule has 1 rings (SSSR count). The van der Waals surface area contributed by atoms with Crippen molar-refractivity contribution >= 4 is 11.8 Å². The van der Waals surface area contributed by atoms with Crippen LogP contribution in [0.25, 0.3) is 0 Å². The van der Waals surface area contributed by atoms with E-state index in [1.807, 2.05) is 6.07 Å². The molecule has 1 aromatic rings. The molecule has 0 aliphatic heterocycles. The zero-order valence-electron chi connectivity index (χ0n) is 9.14. The Hall–Kier alpha value is -1.90. The molecule has 0 heterocycles. The van der Waals surface area contributed by atoms with Crippen molar-refractivity contribution in [3.8, 4) is 0 Å². The summed E-state index contributed by atoms with van der Waals surface area (Å²) in [5.41, 5.74) is 1.52. The summed E-state index contributed by atoms with van der Waals surface area (Å²) in [4.78, 5) is 22.3. The van der Waals surface area contributed by atoms with Crippen molar-refractivity contribution in [2.24, 2.45) is 0 Å². The van der Waals surface area contributed by atoms with E-state index in [1.165, 1.54) is 0 Å². The van der Waals surface area contributed by atoms with Crippen molar-refractivity contribution in [2.75, 3.05) is 0 Å². The number of carboxylic acid groups (broad SMARTS) is 1. The van der Waals surface area contributed by atoms with Crippen molar-refractivity contribution in [1.82, 2.24) is 0 Å². The van der Waals surface area contributed by atoms with Gasteiger partial charge < -0.3 is 5.11 Å². The van der Waals surface area contributed by atoms with E-state index >= 15 is 0 Å². The van der Waals surface area contributed by atoms with Crippen LogP contribution in [0.5, 0.6) is 0 Å². The summed E-state index contributed by atoms with van der Waals surface area (Å²) >= 11 is 0. The number of ketones is 1. The van der Waals surface area contributed by atoms with Crippen LogP contribution in [0, 0.1) is 0 Å². The third kappa shape index (κ3) is 3.05. The second kappa shape index (κ2) is 5.26. The fraction of sp³-hybridized carbons (Fsp3) is 0.231. The maximum absolute atomic E-state index is 11.5. The van der Waals surface area contributed by atoms with Gasteiger partial charge in [0.05, 0.1) is 5.92 Å². The number of allylic oxidation sites excluding steroid dienone is 1. The fourth-order valence-corrected chi connectivity index (χ4v) is 1.54. The van der Waals surface area contributed by atoms with Gasteiger partial charge in [0.1, 0.15) is 0 Å². The minimum Gasteiger partial charge on any atom is -0.475 e. The topological polar surface area (TPSA) is 54.4 Å². The van der Waals surface area contributed by atoms with Crippen LogP contribution in [0.2, 0.25) is 0 Å². The standard InChI is InChI=1S/C13H14O3/c1-9(2)8-11(12(14)13(15)16)10-6-4-3-5-7-10/h3-7,11H,1,8H2,2H3,(H,15,16). The molecule has 0 aliphatic carbocycles. The lowest BCUT2D eigenvalue weighted by atomic mass is 9.89. The third-order valence-electron chi connectivity index (χ3n) is 2.28. The summed E-state index contributed by atoms with van der Waals surface area (Å²) in [5.74, 6) is -2.81. The van der Waals surface area contributed by atoms with Crippen LogP contribution >= 0.6 is 0 Å². The molecule has 84 valence electrons. The summed E-state index contributed by atoms with van der Waals surface area (Å²) in [6.07, 6.45) is 0.370. The molecule has 0 bridgehead atoms. The maximum atomic E-state index is 11.5. The van der Waals surface area contributed by atoms with Crippen molar-refractivity contribution < 1.29 is 14.7 Å². The van der Waals surface area contributed by atoms with Crippen LogP contribution in [-0.4, -0.2) is 16.9 Å². The Labute approximate surface area is 94.4 Å². The number of Topliss-reactive ketones (excluding diaryl/α,β-unsaturated/α-hetero) is 1. The molecule has 0 saturated heterocycles. The second-order valence-electron chi connectivity index (χ2n) is 3.79. The molecule has 1 unspecified atom stereocenters. The van der Waals surface area contributed by atoms with Gasteiger partial charge in [-0.15, -0.1) is 6.58 Å². The van der Waals surface area contributed by atoms with Gasteiger partial charge in [-0.05, 0) is 18.9 Å². The van der Waals surface area contributed by atoms with Crippen LogP contribution in [0.15, 0.2) is 42.5 Å². The highest BCUT2D eigenvalue weighted by Gasteiger charge is 2.25. The number of benzene rings is 1. The SMILES string of the molecule is C=C(C)CC(C(=O)C(=O)O)c1ccccc1. The van der Waals surface area contributed by atoms with Crippen LogP contribution in [0.4, 0.5) is 0 Å². The molecule has 0 saturated carbocycles. The van der Waals surface area contributed by atoms with E-state index in [1.54, 1.807) is 31.2 Å². The number of aliphatic carboxylic acids is 1. The van der Waals surface area contributed by atoms with Gasteiger partial charge in [0, 0.05) is 0 Å². The number of carbonyl (C=O) groups excluding carboxylic acids is 1. The summed E-state index contributed by atoms with van der Waals surface area (Å²) in [5, 5.41) is 8.75. The molecule has 0 radical (unpaired) electrons. The normalized spacial score (nSPS) is 11.8. The first-order valence-corrected chi connectivity index (χ1v) is 4.99. The van der Waals surface area contributed by atoms with E-state index < -0.39 is 17.7 Å². The Morgan fingerprint density at radius 1 is 1.31 bits per heavy atom. The number of carbonyl (C=O) groups is 2. The summed E-state index contributed by atoms with van der Waals surface area (Å²) in [6.45, 7) is 5.50. The van der Waals surface area contributed by atoms with Gasteiger partial charge in [-0.1, -0.05) is 35.9 Å². The Bertz CT molecular complexity index is 406. The van der Waals surface area contributed by atoms with Gasteiger partial charge in [0.25, 0.3) is 0 Å². The molecule has 0 aromatic heterocycles. The Morgan fingerprint density at radius 2 is 1.88 bits per heavy atom. The van der Waals surface area contributed by atoms with Gasteiger partial charge in [0.2, 0.25) is 5.78 Å². The highest BCUT2D eigenvalue weighted by Crippen LogP contribution is 2.23. The lowest BCUT2D eigenvalue weighted by molar-refractivity contribution is -0.149. The first kappa shape index (κ1) is 12.2. The average molecular weight is 218 g/mol. The minimum atomic E-state index is -1.39. The molecular formula is C13H14O3.